The lowest BCUT2D eigenvalue weighted by molar-refractivity contribution is 0.567. The van der Waals surface area contributed by atoms with Crippen LogP contribution in [0, 0.1) is 5.92 Å². The zero-order chi connectivity index (χ0) is 12.3. The van der Waals surface area contributed by atoms with Crippen molar-refractivity contribution in [2.75, 3.05) is 17.6 Å². The van der Waals surface area contributed by atoms with Gasteiger partial charge in [-0.25, -0.2) is 0 Å². The van der Waals surface area contributed by atoms with Crippen molar-refractivity contribution in [3.63, 3.8) is 0 Å². The average Bonchev–Trinajstić information content (AvgIpc) is 2.71. The summed E-state index contributed by atoms with van der Waals surface area (Å²) in [5.74, 6) is 1.74. The monoisotopic (exact) mass is 234 g/mol. The molecule has 0 radical (unpaired) electrons. The molecule has 17 heavy (non-hydrogen) atoms. The van der Waals surface area contributed by atoms with Crippen LogP contribution in [0.1, 0.15) is 26.7 Å². The van der Waals surface area contributed by atoms with Crippen molar-refractivity contribution in [1.29, 1.82) is 0 Å². The maximum absolute atomic E-state index is 5.63. The number of hydrogen-bond donors (Lipinski definition) is 3. The molecule has 0 aromatic carbocycles. The molecule has 0 fully saturated rings. The fraction of sp³-hybridized carbons (Fsp3) is 0.545. The number of nitrogens with one attached hydrogen (secondary N) is 2. The van der Waals surface area contributed by atoms with Crippen molar-refractivity contribution < 1.29 is 0 Å². The third-order valence-corrected chi connectivity index (χ3v) is 2.58. The molecule has 2 rings (SSSR count). The summed E-state index contributed by atoms with van der Waals surface area (Å²) >= 11 is 0. The maximum atomic E-state index is 5.63. The Kier molecular flexibility index (Phi) is 3.41. The molecule has 4 N–H and O–H groups in total. The third-order valence-electron chi connectivity index (χ3n) is 2.58. The Morgan fingerprint density at radius 3 is 3.00 bits per heavy atom. The highest BCUT2D eigenvalue weighted by Gasteiger charge is 2.07. The highest BCUT2D eigenvalue weighted by molar-refractivity contribution is 5.86. The van der Waals surface area contributed by atoms with Gasteiger partial charge < -0.3 is 11.1 Å². The molecule has 6 heteroatoms. The van der Waals surface area contributed by atoms with Gasteiger partial charge in [0.15, 0.2) is 5.65 Å². The molecule has 0 unspecified atom stereocenters. The Morgan fingerprint density at radius 2 is 2.24 bits per heavy atom. The predicted octanol–water partition coefficient (Wildman–Crippen LogP) is 1.78. The number of hydrogen-bond acceptors (Lipinski definition) is 5. The summed E-state index contributed by atoms with van der Waals surface area (Å²) in [7, 11) is 0. The molecule has 0 amide bonds. The van der Waals surface area contributed by atoms with E-state index in [4.69, 9.17) is 5.73 Å². The number of nitrogen functional groups attached to an aromatic ring is 1. The summed E-state index contributed by atoms with van der Waals surface area (Å²) in [6.07, 6.45) is 4.02. The highest BCUT2D eigenvalue weighted by atomic mass is 15.2. The van der Waals surface area contributed by atoms with Crippen LogP contribution in [0.15, 0.2) is 6.20 Å². The number of nitrogens with zero attached hydrogens (tertiary/aromatic N) is 3. The van der Waals surface area contributed by atoms with Gasteiger partial charge >= 0.3 is 0 Å². The zero-order valence-corrected chi connectivity index (χ0v) is 10.2. The SMILES string of the molecule is CC(C)CCCNc1nc(N)nc2[nH]ncc12. The van der Waals surface area contributed by atoms with E-state index in [2.05, 4.69) is 39.3 Å². The van der Waals surface area contributed by atoms with Gasteiger partial charge in [0.2, 0.25) is 5.95 Å². The molecule has 0 bridgehead atoms. The van der Waals surface area contributed by atoms with Gasteiger partial charge in [0.1, 0.15) is 5.82 Å². The second-order valence-corrected chi connectivity index (χ2v) is 4.53. The summed E-state index contributed by atoms with van der Waals surface area (Å²) in [4.78, 5) is 8.25. The topological polar surface area (TPSA) is 92.5 Å². The van der Waals surface area contributed by atoms with Crippen LogP contribution in [0.25, 0.3) is 11.0 Å². The molecule has 0 atom stereocenters. The maximum Gasteiger partial charge on any atom is 0.224 e. The van der Waals surface area contributed by atoms with Crippen LogP contribution in [-0.4, -0.2) is 26.7 Å². The predicted molar refractivity (Wildman–Crippen MR) is 68.7 cm³/mol. The number of H-pyrrole nitrogens is 1. The van der Waals surface area contributed by atoms with Gasteiger partial charge in [-0.15, -0.1) is 0 Å². The zero-order valence-electron chi connectivity index (χ0n) is 10.2. The molecular formula is C11H18N6. The van der Waals surface area contributed by atoms with Crippen LogP contribution in [-0.2, 0) is 0 Å². The molecular weight excluding hydrogens is 216 g/mol. The van der Waals surface area contributed by atoms with E-state index in [-0.39, 0.29) is 5.95 Å². The van der Waals surface area contributed by atoms with Gasteiger partial charge in [0.05, 0.1) is 11.6 Å². The smallest absolute Gasteiger partial charge is 0.224 e. The second kappa shape index (κ2) is 4.99. The van der Waals surface area contributed by atoms with Crippen molar-refractivity contribution in [2.45, 2.75) is 26.7 Å². The number of fused-ring (bicyclic) bond motifs is 1. The molecule has 0 aliphatic carbocycles. The first kappa shape index (κ1) is 11.6. The Bertz CT molecular complexity index is 490. The first-order valence-corrected chi connectivity index (χ1v) is 5.87. The molecule has 0 spiro atoms. The van der Waals surface area contributed by atoms with Crippen molar-refractivity contribution >= 4 is 22.8 Å². The van der Waals surface area contributed by atoms with Crippen molar-refractivity contribution in [1.82, 2.24) is 20.2 Å². The standard InChI is InChI=1S/C11H18N6/c1-7(2)4-3-5-13-9-8-6-14-17-10(8)16-11(12)15-9/h6-7H,3-5H2,1-2H3,(H4,12,13,14,15,16,17). The normalized spacial score (nSPS) is 11.2. The molecule has 6 nitrogen and oxygen atoms in total. The van der Waals surface area contributed by atoms with Gasteiger partial charge in [0.25, 0.3) is 0 Å². The number of anilines is 2. The minimum atomic E-state index is 0.258. The lowest BCUT2D eigenvalue weighted by atomic mass is 10.1. The van der Waals surface area contributed by atoms with Crippen LogP contribution in [0.3, 0.4) is 0 Å². The van der Waals surface area contributed by atoms with E-state index in [0.717, 1.165) is 30.1 Å². The van der Waals surface area contributed by atoms with E-state index in [1.54, 1.807) is 6.20 Å². The summed E-state index contributed by atoms with van der Waals surface area (Å²) in [5.41, 5.74) is 6.30. The Balaban J connectivity index is 2.04. The van der Waals surface area contributed by atoms with Crippen molar-refractivity contribution in [3.8, 4) is 0 Å². The third kappa shape index (κ3) is 2.83. The highest BCUT2D eigenvalue weighted by Crippen LogP contribution is 2.18. The van der Waals surface area contributed by atoms with Gasteiger partial charge in [-0.3, -0.25) is 5.10 Å². The summed E-state index contributed by atoms with van der Waals surface area (Å²) in [6.45, 7) is 5.32. The van der Waals surface area contributed by atoms with Gasteiger partial charge in [-0.1, -0.05) is 13.8 Å². The fourth-order valence-electron chi connectivity index (χ4n) is 1.70. The molecule has 2 heterocycles. The Hall–Kier alpha value is -1.85. The van der Waals surface area contributed by atoms with Gasteiger partial charge in [-0.2, -0.15) is 15.1 Å². The lowest BCUT2D eigenvalue weighted by Gasteiger charge is -2.08. The van der Waals surface area contributed by atoms with E-state index >= 15 is 0 Å². The average molecular weight is 234 g/mol. The Labute approximate surface area is 100 Å². The first-order chi connectivity index (χ1) is 8.16. The molecule has 0 aliphatic heterocycles. The Morgan fingerprint density at radius 1 is 1.41 bits per heavy atom. The fourth-order valence-corrected chi connectivity index (χ4v) is 1.70. The van der Waals surface area contributed by atoms with Crippen LogP contribution in [0.2, 0.25) is 0 Å². The number of rotatable bonds is 5. The number of nitrogens with two attached hydrogens (primary N) is 1. The quantitative estimate of drug-likeness (QED) is 0.686. The van der Waals surface area contributed by atoms with Gasteiger partial charge in [-0.05, 0) is 18.8 Å². The van der Waals surface area contributed by atoms with Crippen molar-refractivity contribution in [3.05, 3.63) is 6.20 Å². The number of aromatic nitrogens is 4. The molecule has 2 aromatic heterocycles. The lowest BCUT2D eigenvalue weighted by Crippen LogP contribution is -2.07. The van der Waals surface area contributed by atoms with E-state index in [9.17, 15) is 0 Å². The largest absolute Gasteiger partial charge is 0.369 e. The van der Waals surface area contributed by atoms with Gasteiger partial charge in [0, 0.05) is 6.54 Å². The summed E-state index contributed by atoms with van der Waals surface area (Å²) in [6, 6.07) is 0. The van der Waals surface area contributed by atoms with Crippen LogP contribution >= 0.6 is 0 Å². The van der Waals surface area contributed by atoms with E-state index < -0.39 is 0 Å². The molecule has 0 saturated carbocycles. The minimum absolute atomic E-state index is 0.258. The molecule has 92 valence electrons. The van der Waals surface area contributed by atoms with Crippen LogP contribution < -0.4 is 11.1 Å². The van der Waals surface area contributed by atoms with Crippen molar-refractivity contribution in [2.24, 2.45) is 5.92 Å². The minimum Gasteiger partial charge on any atom is -0.369 e. The first-order valence-electron chi connectivity index (χ1n) is 5.87. The number of aromatic amines is 1. The van der Waals surface area contributed by atoms with E-state index in [1.165, 1.54) is 6.42 Å². The second-order valence-electron chi connectivity index (χ2n) is 4.53. The molecule has 0 aliphatic rings. The van der Waals surface area contributed by atoms with Crippen LogP contribution in [0.4, 0.5) is 11.8 Å². The van der Waals surface area contributed by atoms with E-state index in [0.29, 0.717) is 5.65 Å². The molecule has 0 saturated heterocycles. The molecule has 2 aromatic rings. The summed E-state index contributed by atoms with van der Waals surface area (Å²) < 4.78 is 0. The summed E-state index contributed by atoms with van der Waals surface area (Å²) in [5, 5.41) is 10.9. The van der Waals surface area contributed by atoms with Crippen LogP contribution in [0.5, 0.6) is 0 Å². The van der Waals surface area contributed by atoms with E-state index in [1.807, 2.05) is 0 Å².